The summed E-state index contributed by atoms with van der Waals surface area (Å²) in [5.74, 6) is -0.774. The van der Waals surface area contributed by atoms with E-state index in [-0.39, 0.29) is 13.0 Å². The number of carbonyl (C=O) groups is 2. The molecule has 0 aromatic heterocycles. The summed E-state index contributed by atoms with van der Waals surface area (Å²) >= 11 is 0. The van der Waals surface area contributed by atoms with Gasteiger partial charge in [0.25, 0.3) is 0 Å². The summed E-state index contributed by atoms with van der Waals surface area (Å²) in [5.41, 5.74) is -1.81. The molecule has 0 radical (unpaired) electrons. The molecule has 0 spiro atoms. The minimum Gasteiger partial charge on any atom is -0.464 e. The van der Waals surface area contributed by atoms with Gasteiger partial charge in [0.2, 0.25) is 0 Å². The highest BCUT2D eigenvalue weighted by molar-refractivity contribution is 5.83. The maximum atomic E-state index is 11.5. The van der Waals surface area contributed by atoms with Crippen LogP contribution in [0.3, 0.4) is 0 Å². The third-order valence-electron chi connectivity index (χ3n) is 2.49. The molecular formula is C10H16O5. The van der Waals surface area contributed by atoms with Crippen molar-refractivity contribution in [2.75, 3.05) is 13.2 Å². The van der Waals surface area contributed by atoms with E-state index in [0.717, 1.165) is 6.42 Å². The Labute approximate surface area is 88.4 Å². The number of esters is 1. The Hall–Kier alpha value is -0.940. The summed E-state index contributed by atoms with van der Waals surface area (Å²) < 4.78 is 9.97. The van der Waals surface area contributed by atoms with Crippen LogP contribution in [0.2, 0.25) is 0 Å². The van der Waals surface area contributed by atoms with E-state index >= 15 is 0 Å². The van der Waals surface area contributed by atoms with Crippen LogP contribution in [0, 0.1) is 0 Å². The Morgan fingerprint density at radius 1 is 1.73 bits per heavy atom. The minimum atomic E-state index is -1.81. The molecule has 0 aromatic carbocycles. The molecule has 15 heavy (non-hydrogen) atoms. The number of hydrogen-bond acceptors (Lipinski definition) is 5. The summed E-state index contributed by atoms with van der Waals surface area (Å²) in [4.78, 5) is 22.0. The lowest BCUT2D eigenvalue weighted by Crippen LogP contribution is -2.50. The predicted octanol–water partition coefficient (Wildman–Crippen LogP) is 0.0486. The van der Waals surface area contributed by atoms with Gasteiger partial charge in [-0.05, 0) is 19.8 Å². The second kappa shape index (κ2) is 5.23. The van der Waals surface area contributed by atoms with Crippen molar-refractivity contribution in [1.82, 2.24) is 0 Å². The van der Waals surface area contributed by atoms with Crippen LogP contribution in [0.25, 0.3) is 0 Å². The summed E-state index contributed by atoms with van der Waals surface area (Å²) in [5, 5.41) is 10.1. The Morgan fingerprint density at radius 3 is 2.93 bits per heavy atom. The average molecular weight is 216 g/mol. The van der Waals surface area contributed by atoms with Crippen molar-refractivity contribution >= 4 is 12.3 Å². The average Bonchev–Trinajstić information content (AvgIpc) is 2.71. The number of carbonyl (C=O) groups excluding carboxylic acids is 2. The zero-order valence-corrected chi connectivity index (χ0v) is 8.77. The van der Waals surface area contributed by atoms with E-state index in [1.165, 1.54) is 0 Å². The Kier molecular flexibility index (Phi) is 4.23. The van der Waals surface area contributed by atoms with E-state index in [9.17, 15) is 14.7 Å². The predicted molar refractivity (Wildman–Crippen MR) is 51.2 cm³/mol. The van der Waals surface area contributed by atoms with Crippen LogP contribution in [-0.2, 0) is 19.1 Å². The summed E-state index contributed by atoms with van der Waals surface area (Å²) in [7, 11) is 0. The molecule has 0 bridgehead atoms. The van der Waals surface area contributed by atoms with Gasteiger partial charge in [0.05, 0.1) is 12.7 Å². The maximum Gasteiger partial charge on any atom is 0.341 e. The van der Waals surface area contributed by atoms with Crippen LogP contribution < -0.4 is 0 Å². The Morgan fingerprint density at radius 2 is 2.47 bits per heavy atom. The lowest BCUT2D eigenvalue weighted by Gasteiger charge is -2.28. The van der Waals surface area contributed by atoms with Gasteiger partial charge in [-0.15, -0.1) is 0 Å². The number of hydrogen-bond donors (Lipinski definition) is 1. The maximum absolute atomic E-state index is 11.5. The van der Waals surface area contributed by atoms with Gasteiger partial charge in [0, 0.05) is 13.0 Å². The SMILES string of the molecule is CCOC(=O)C(O)(CC=O)C1CCCO1. The molecule has 2 unspecified atom stereocenters. The molecule has 86 valence electrons. The standard InChI is InChI=1S/C10H16O5/c1-2-14-9(12)10(13,5-6-11)8-4-3-7-15-8/h6,8,13H,2-5,7H2,1H3. The van der Waals surface area contributed by atoms with Crippen molar-refractivity contribution in [2.24, 2.45) is 0 Å². The van der Waals surface area contributed by atoms with Gasteiger partial charge in [-0.3, -0.25) is 0 Å². The number of ether oxygens (including phenoxy) is 2. The molecule has 1 aliphatic heterocycles. The second-order valence-corrected chi connectivity index (χ2v) is 3.52. The van der Waals surface area contributed by atoms with E-state index in [0.29, 0.717) is 19.3 Å². The molecule has 0 aromatic rings. The molecule has 1 rings (SSSR count). The molecule has 0 amide bonds. The topological polar surface area (TPSA) is 72.8 Å². The fourth-order valence-electron chi connectivity index (χ4n) is 1.68. The third kappa shape index (κ3) is 2.54. The van der Waals surface area contributed by atoms with Crippen molar-refractivity contribution in [3.8, 4) is 0 Å². The van der Waals surface area contributed by atoms with E-state index in [4.69, 9.17) is 9.47 Å². The van der Waals surface area contributed by atoms with Crippen LogP contribution >= 0.6 is 0 Å². The van der Waals surface area contributed by atoms with Crippen molar-refractivity contribution < 1.29 is 24.2 Å². The van der Waals surface area contributed by atoms with Gasteiger partial charge < -0.3 is 19.4 Å². The van der Waals surface area contributed by atoms with Crippen molar-refractivity contribution in [3.63, 3.8) is 0 Å². The molecule has 2 atom stereocenters. The van der Waals surface area contributed by atoms with Crippen molar-refractivity contribution in [2.45, 2.75) is 37.9 Å². The highest BCUT2D eigenvalue weighted by Crippen LogP contribution is 2.27. The van der Waals surface area contributed by atoms with Gasteiger partial charge in [0.15, 0.2) is 5.60 Å². The van der Waals surface area contributed by atoms with Crippen LogP contribution in [0.1, 0.15) is 26.2 Å². The fraction of sp³-hybridized carbons (Fsp3) is 0.800. The van der Waals surface area contributed by atoms with E-state index in [1.807, 2.05) is 0 Å². The fourth-order valence-corrected chi connectivity index (χ4v) is 1.68. The second-order valence-electron chi connectivity index (χ2n) is 3.52. The highest BCUT2D eigenvalue weighted by atomic mass is 16.6. The van der Waals surface area contributed by atoms with Crippen LogP contribution in [0.4, 0.5) is 0 Å². The van der Waals surface area contributed by atoms with Crippen molar-refractivity contribution in [1.29, 1.82) is 0 Å². The van der Waals surface area contributed by atoms with E-state index in [1.54, 1.807) is 6.92 Å². The molecule has 1 saturated heterocycles. The van der Waals surface area contributed by atoms with Gasteiger partial charge >= 0.3 is 5.97 Å². The van der Waals surface area contributed by atoms with Gasteiger partial charge in [-0.2, -0.15) is 0 Å². The first kappa shape index (κ1) is 12.1. The molecule has 0 saturated carbocycles. The number of aldehydes is 1. The van der Waals surface area contributed by atoms with Crippen molar-refractivity contribution in [3.05, 3.63) is 0 Å². The van der Waals surface area contributed by atoms with Crippen LogP contribution in [0.15, 0.2) is 0 Å². The Balaban J connectivity index is 2.75. The van der Waals surface area contributed by atoms with Gasteiger partial charge in [-0.25, -0.2) is 4.79 Å². The zero-order chi connectivity index (χ0) is 11.3. The summed E-state index contributed by atoms with van der Waals surface area (Å²) in [6.07, 6.45) is 0.963. The smallest absolute Gasteiger partial charge is 0.341 e. The monoisotopic (exact) mass is 216 g/mol. The van der Waals surface area contributed by atoms with Crippen LogP contribution in [-0.4, -0.2) is 42.3 Å². The molecular weight excluding hydrogens is 200 g/mol. The molecule has 0 aliphatic carbocycles. The minimum absolute atomic E-state index is 0.173. The first-order chi connectivity index (χ1) is 7.15. The molecule has 5 nitrogen and oxygen atoms in total. The molecule has 1 heterocycles. The van der Waals surface area contributed by atoms with Gasteiger partial charge in [0.1, 0.15) is 6.29 Å². The van der Waals surface area contributed by atoms with Crippen LogP contribution in [0.5, 0.6) is 0 Å². The lowest BCUT2D eigenvalue weighted by atomic mass is 9.91. The third-order valence-corrected chi connectivity index (χ3v) is 2.49. The van der Waals surface area contributed by atoms with E-state index in [2.05, 4.69) is 0 Å². The first-order valence-corrected chi connectivity index (χ1v) is 5.10. The summed E-state index contributed by atoms with van der Waals surface area (Å²) in [6.45, 7) is 2.33. The largest absolute Gasteiger partial charge is 0.464 e. The van der Waals surface area contributed by atoms with Gasteiger partial charge in [-0.1, -0.05) is 0 Å². The first-order valence-electron chi connectivity index (χ1n) is 5.10. The lowest BCUT2D eigenvalue weighted by molar-refractivity contribution is -0.180. The Bertz CT molecular complexity index is 234. The summed E-state index contributed by atoms with van der Waals surface area (Å²) in [6, 6.07) is 0. The molecule has 1 N–H and O–H groups in total. The van der Waals surface area contributed by atoms with E-state index < -0.39 is 17.7 Å². The normalized spacial score (nSPS) is 24.5. The molecule has 1 fully saturated rings. The number of rotatable bonds is 5. The highest BCUT2D eigenvalue weighted by Gasteiger charge is 2.47. The number of aliphatic hydroxyl groups is 1. The molecule has 5 heteroatoms. The quantitative estimate of drug-likeness (QED) is 0.519. The zero-order valence-electron chi connectivity index (χ0n) is 8.77. The molecule has 1 aliphatic rings.